The van der Waals surface area contributed by atoms with Crippen molar-refractivity contribution in [3.63, 3.8) is 0 Å². The topological polar surface area (TPSA) is 109 Å². The fourth-order valence-corrected chi connectivity index (χ4v) is 6.76. The second kappa shape index (κ2) is 12.0. The van der Waals surface area contributed by atoms with Gasteiger partial charge in [0.05, 0.1) is 0 Å². The molecule has 10 heteroatoms. The van der Waals surface area contributed by atoms with E-state index in [4.69, 9.17) is 4.74 Å². The van der Waals surface area contributed by atoms with Gasteiger partial charge in [-0.15, -0.1) is 12.4 Å². The SMILES string of the molecule is Cl.O=C(NO)C1(S(=O)(=O)N2CCC(c3ccc(C#CCc4ccccc4)cn3)CC2)CCOCC1. The maximum atomic E-state index is 13.4. The van der Waals surface area contributed by atoms with Crippen molar-refractivity contribution in [3.05, 3.63) is 65.5 Å². The molecule has 2 aliphatic rings. The monoisotopic (exact) mass is 519 g/mol. The molecule has 2 N–H and O–H groups in total. The molecule has 1 aromatic heterocycles. The molecule has 0 saturated carbocycles. The second-order valence-corrected chi connectivity index (χ2v) is 10.9. The summed E-state index contributed by atoms with van der Waals surface area (Å²) in [5, 5.41) is 9.20. The lowest BCUT2D eigenvalue weighted by atomic mass is 9.94. The molecule has 0 bridgehead atoms. The summed E-state index contributed by atoms with van der Waals surface area (Å²) in [7, 11) is -3.96. The van der Waals surface area contributed by atoms with E-state index in [2.05, 4.69) is 16.8 Å². The number of sulfonamides is 1. The Hall–Kier alpha value is -2.48. The molecule has 2 fully saturated rings. The molecule has 0 radical (unpaired) electrons. The van der Waals surface area contributed by atoms with E-state index in [0.717, 1.165) is 11.3 Å². The fourth-order valence-electron chi connectivity index (χ4n) is 4.61. The van der Waals surface area contributed by atoms with Crippen LogP contribution in [0.3, 0.4) is 0 Å². The number of halogens is 1. The number of hydrogen-bond acceptors (Lipinski definition) is 6. The summed E-state index contributed by atoms with van der Waals surface area (Å²) in [6.07, 6.45) is 3.71. The van der Waals surface area contributed by atoms with Gasteiger partial charge < -0.3 is 4.74 Å². The average molecular weight is 520 g/mol. The number of piperidine rings is 1. The smallest absolute Gasteiger partial charge is 0.266 e. The number of hydroxylamine groups is 1. The van der Waals surface area contributed by atoms with Crippen LogP contribution in [0.1, 0.15) is 48.4 Å². The van der Waals surface area contributed by atoms with E-state index in [1.165, 1.54) is 9.87 Å². The third-order valence-electron chi connectivity index (χ3n) is 6.68. The lowest BCUT2D eigenvalue weighted by molar-refractivity contribution is -0.134. The normalized spacial score (nSPS) is 18.5. The van der Waals surface area contributed by atoms with E-state index in [9.17, 15) is 18.4 Å². The molecule has 35 heavy (non-hydrogen) atoms. The molecule has 2 aliphatic heterocycles. The molecule has 1 aromatic carbocycles. The van der Waals surface area contributed by atoms with Gasteiger partial charge in [-0.2, -0.15) is 0 Å². The number of aromatic nitrogens is 1. The second-order valence-electron chi connectivity index (χ2n) is 8.66. The number of pyridine rings is 1. The predicted octanol–water partition coefficient (Wildman–Crippen LogP) is 2.66. The first-order chi connectivity index (χ1) is 16.5. The number of carbonyl (C=O) groups excluding carboxylic acids is 1. The maximum absolute atomic E-state index is 13.4. The number of rotatable bonds is 5. The van der Waals surface area contributed by atoms with E-state index in [0.29, 0.717) is 32.4 Å². The van der Waals surface area contributed by atoms with Crippen molar-refractivity contribution in [2.24, 2.45) is 0 Å². The Morgan fingerprint density at radius 2 is 1.83 bits per heavy atom. The third-order valence-corrected chi connectivity index (χ3v) is 9.30. The van der Waals surface area contributed by atoms with Crippen LogP contribution in [0.2, 0.25) is 0 Å². The predicted molar refractivity (Wildman–Crippen MR) is 134 cm³/mol. The van der Waals surface area contributed by atoms with Gasteiger partial charge in [0.2, 0.25) is 10.0 Å². The average Bonchev–Trinajstić information content (AvgIpc) is 2.89. The molecule has 188 valence electrons. The number of hydrogen-bond donors (Lipinski definition) is 2. The fraction of sp³-hybridized carbons (Fsp3) is 0.440. The minimum atomic E-state index is -3.96. The highest BCUT2D eigenvalue weighted by molar-refractivity contribution is 7.91. The van der Waals surface area contributed by atoms with Crippen LogP contribution in [0.25, 0.3) is 0 Å². The Labute approximate surface area is 212 Å². The first-order valence-corrected chi connectivity index (χ1v) is 12.9. The number of nitrogens with one attached hydrogen (secondary N) is 1. The van der Waals surface area contributed by atoms with Gasteiger partial charge in [0.25, 0.3) is 5.91 Å². The van der Waals surface area contributed by atoms with Crippen molar-refractivity contribution in [2.75, 3.05) is 26.3 Å². The standard InChI is InChI=1S/C25H29N3O5S.ClH/c29-24(27-30)25(13-17-33-18-14-25)34(31,32)28-15-11-22(12-16-28)23-10-9-21(19-26-23)8-4-7-20-5-2-1-3-6-20;/h1-3,5-6,9-10,19,22,30H,7,11-18H2,(H,27,29);1H. The minimum absolute atomic E-state index is 0. The summed E-state index contributed by atoms with van der Waals surface area (Å²) >= 11 is 0. The van der Waals surface area contributed by atoms with E-state index >= 15 is 0 Å². The van der Waals surface area contributed by atoms with E-state index in [1.807, 2.05) is 42.5 Å². The lowest BCUT2D eigenvalue weighted by Gasteiger charge is -2.40. The summed E-state index contributed by atoms with van der Waals surface area (Å²) in [6, 6.07) is 14.0. The largest absolute Gasteiger partial charge is 0.381 e. The molecule has 2 saturated heterocycles. The van der Waals surface area contributed by atoms with E-state index in [-0.39, 0.29) is 44.4 Å². The van der Waals surface area contributed by atoms with Crippen molar-refractivity contribution in [1.82, 2.24) is 14.8 Å². The van der Waals surface area contributed by atoms with Crippen LogP contribution in [0.5, 0.6) is 0 Å². The maximum Gasteiger partial charge on any atom is 0.266 e. The van der Waals surface area contributed by atoms with Crippen LogP contribution in [-0.2, 0) is 26.0 Å². The molecule has 0 spiro atoms. The molecule has 4 rings (SSSR count). The number of amides is 1. The Bertz CT molecular complexity index is 1150. The highest BCUT2D eigenvalue weighted by Gasteiger charge is 2.54. The van der Waals surface area contributed by atoms with Crippen LogP contribution < -0.4 is 5.48 Å². The summed E-state index contributed by atoms with van der Waals surface area (Å²) in [6.45, 7) is 0.921. The lowest BCUT2D eigenvalue weighted by Crippen LogP contribution is -2.60. The van der Waals surface area contributed by atoms with E-state index in [1.54, 1.807) is 11.7 Å². The van der Waals surface area contributed by atoms with Crippen LogP contribution in [0.4, 0.5) is 0 Å². The van der Waals surface area contributed by atoms with Crippen molar-refractivity contribution < 1.29 is 23.2 Å². The van der Waals surface area contributed by atoms with Gasteiger partial charge in [-0.05, 0) is 30.5 Å². The van der Waals surface area contributed by atoms with Crippen LogP contribution in [0, 0.1) is 11.8 Å². The Balaban J connectivity index is 0.00000342. The Kier molecular flexibility index (Phi) is 9.27. The molecule has 0 unspecified atom stereocenters. The summed E-state index contributed by atoms with van der Waals surface area (Å²) in [4.78, 5) is 17.0. The summed E-state index contributed by atoms with van der Waals surface area (Å²) in [5.41, 5.74) is 4.49. The molecular formula is C25H30ClN3O5S. The summed E-state index contributed by atoms with van der Waals surface area (Å²) < 4.78 is 31.8. The molecule has 8 nitrogen and oxygen atoms in total. The molecule has 3 heterocycles. The first-order valence-electron chi connectivity index (χ1n) is 11.5. The number of ether oxygens (including phenoxy) is 1. The quantitative estimate of drug-likeness (QED) is 0.357. The zero-order valence-corrected chi connectivity index (χ0v) is 21.0. The van der Waals surface area contributed by atoms with Gasteiger partial charge in [0.1, 0.15) is 0 Å². The van der Waals surface area contributed by atoms with Crippen molar-refractivity contribution >= 4 is 28.3 Å². The third kappa shape index (κ3) is 5.85. The van der Waals surface area contributed by atoms with Gasteiger partial charge in [0.15, 0.2) is 4.75 Å². The molecule has 0 atom stereocenters. The first kappa shape index (κ1) is 27.1. The summed E-state index contributed by atoms with van der Waals surface area (Å²) in [5.74, 6) is 5.55. The van der Waals surface area contributed by atoms with Crippen LogP contribution in [-0.4, -0.2) is 59.9 Å². The van der Waals surface area contributed by atoms with Crippen molar-refractivity contribution in [2.45, 2.75) is 42.8 Å². The van der Waals surface area contributed by atoms with Gasteiger partial charge in [0, 0.05) is 68.9 Å². The molecular weight excluding hydrogens is 490 g/mol. The zero-order chi connectivity index (χ0) is 24.0. The Morgan fingerprint density at radius 1 is 1.14 bits per heavy atom. The molecule has 0 aliphatic carbocycles. The molecule has 1 amide bonds. The van der Waals surface area contributed by atoms with Crippen molar-refractivity contribution in [3.8, 4) is 11.8 Å². The van der Waals surface area contributed by atoms with Crippen LogP contribution >= 0.6 is 12.4 Å². The van der Waals surface area contributed by atoms with Gasteiger partial charge >= 0.3 is 0 Å². The zero-order valence-electron chi connectivity index (χ0n) is 19.4. The van der Waals surface area contributed by atoms with Crippen LogP contribution in [0.15, 0.2) is 48.7 Å². The number of carbonyl (C=O) groups is 1. The number of benzene rings is 1. The van der Waals surface area contributed by atoms with E-state index < -0.39 is 20.7 Å². The highest BCUT2D eigenvalue weighted by Crippen LogP contribution is 2.36. The number of nitrogens with zero attached hydrogens (tertiary/aromatic N) is 2. The Morgan fingerprint density at radius 3 is 2.43 bits per heavy atom. The van der Waals surface area contributed by atoms with Gasteiger partial charge in [-0.3, -0.25) is 15.0 Å². The molecule has 2 aromatic rings. The highest BCUT2D eigenvalue weighted by atomic mass is 35.5. The van der Waals surface area contributed by atoms with Gasteiger partial charge in [-0.1, -0.05) is 42.2 Å². The van der Waals surface area contributed by atoms with Crippen molar-refractivity contribution in [1.29, 1.82) is 0 Å². The van der Waals surface area contributed by atoms with Gasteiger partial charge in [-0.25, -0.2) is 18.2 Å². The minimum Gasteiger partial charge on any atom is -0.381 e.